The van der Waals surface area contributed by atoms with Crippen LogP contribution in [0.4, 0.5) is 0 Å². The number of carbonyl (C=O) groups excluding carboxylic acids is 1. The third-order valence-corrected chi connectivity index (χ3v) is 3.98. The number of aryl methyl sites for hydroxylation is 3. The second-order valence-electron chi connectivity index (χ2n) is 5.93. The molecule has 1 amide bonds. The molecule has 1 atom stereocenters. The summed E-state index contributed by atoms with van der Waals surface area (Å²) >= 11 is 0. The van der Waals surface area contributed by atoms with Gasteiger partial charge in [-0.2, -0.15) is 0 Å². The Kier molecular flexibility index (Phi) is 5.80. The van der Waals surface area contributed by atoms with Crippen LogP contribution >= 0.6 is 0 Å². The van der Waals surface area contributed by atoms with Crippen LogP contribution in [0, 0.1) is 20.8 Å². The van der Waals surface area contributed by atoms with Gasteiger partial charge in [0.05, 0.1) is 0 Å². The summed E-state index contributed by atoms with van der Waals surface area (Å²) in [6.07, 6.45) is 0.160. The van der Waals surface area contributed by atoms with Crippen molar-refractivity contribution < 1.29 is 9.53 Å². The maximum absolute atomic E-state index is 12.4. The van der Waals surface area contributed by atoms with E-state index >= 15 is 0 Å². The third kappa shape index (κ3) is 4.59. The Morgan fingerprint density at radius 1 is 1.09 bits per heavy atom. The van der Waals surface area contributed by atoms with Crippen LogP contribution in [0.15, 0.2) is 42.5 Å². The minimum absolute atomic E-state index is 0.0734. The molecule has 1 N–H and O–H groups in total. The zero-order valence-corrected chi connectivity index (χ0v) is 14.3. The molecule has 0 fully saturated rings. The van der Waals surface area contributed by atoms with Crippen molar-refractivity contribution in [2.45, 2.75) is 46.8 Å². The predicted octanol–water partition coefficient (Wildman–Crippen LogP) is 4.09. The summed E-state index contributed by atoms with van der Waals surface area (Å²) in [6, 6.07) is 14.1. The number of carbonyl (C=O) groups is 1. The van der Waals surface area contributed by atoms with Crippen LogP contribution in [0.1, 0.15) is 35.6 Å². The number of rotatable bonds is 6. The number of ether oxygens (including phenoxy) is 1. The fraction of sp³-hybridized carbons (Fsp3) is 0.350. The van der Waals surface area contributed by atoms with Crippen LogP contribution in [0.2, 0.25) is 0 Å². The minimum Gasteiger partial charge on any atom is -0.480 e. The standard InChI is InChI=1S/C20H25NO2/c1-5-18(23-19-11-10-14(2)12-16(19)4)20(22)21-13-17-9-7-6-8-15(17)3/h6-12,18H,5,13H2,1-4H3,(H,21,22)/t18-/m0/s1. The van der Waals surface area contributed by atoms with Crippen LogP contribution in [0.3, 0.4) is 0 Å². The fourth-order valence-electron chi connectivity index (χ4n) is 2.51. The Balaban J connectivity index is 2.00. The van der Waals surface area contributed by atoms with Gasteiger partial charge in [0.25, 0.3) is 5.91 Å². The highest BCUT2D eigenvalue weighted by atomic mass is 16.5. The van der Waals surface area contributed by atoms with Crippen molar-refractivity contribution in [3.8, 4) is 5.75 Å². The molecular weight excluding hydrogens is 286 g/mol. The van der Waals surface area contributed by atoms with Gasteiger partial charge in [-0.05, 0) is 49.9 Å². The third-order valence-electron chi connectivity index (χ3n) is 3.98. The molecule has 0 heterocycles. The number of nitrogens with one attached hydrogen (secondary N) is 1. The molecule has 0 unspecified atom stereocenters. The van der Waals surface area contributed by atoms with Crippen molar-refractivity contribution in [1.82, 2.24) is 5.32 Å². The van der Waals surface area contributed by atoms with Gasteiger partial charge in [0.15, 0.2) is 6.10 Å². The van der Waals surface area contributed by atoms with Gasteiger partial charge >= 0.3 is 0 Å². The lowest BCUT2D eigenvalue weighted by molar-refractivity contribution is -0.128. The van der Waals surface area contributed by atoms with Gasteiger partial charge < -0.3 is 10.1 Å². The van der Waals surface area contributed by atoms with E-state index in [-0.39, 0.29) is 5.91 Å². The second-order valence-corrected chi connectivity index (χ2v) is 5.93. The Bertz CT molecular complexity index is 679. The first-order valence-electron chi connectivity index (χ1n) is 8.07. The van der Waals surface area contributed by atoms with Crippen LogP contribution in [-0.4, -0.2) is 12.0 Å². The smallest absolute Gasteiger partial charge is 0.261 e. The Morgan fingerprint density at radius 2 is 1.83 bits per heavy atom. The zero-order chi connectivity index (χ0) is 16.8. The lowest BCUT2D eigenvalue weighted by atomic mass is 10.1. The molecule has 0 aromatic heterocycles. The molecule has 122 valence electrons. The molecule has 3 heteroatoms. The average Bonchev–Trinajstić information content (AvgIpc) is 2.53. The van der Waals surface area contributed by atoms with Crippen molar-refractivity contribution in [2.75, 3.05) is 0 Å². The van der Waals surface area contributed by atoms with Crippen molar-refractivity contribution in [2.24, 2.45) is 0 Å². The highest BCUT2D eigenvalue weighted by Crippen LogP contribution is 2.21. The summed E-state index contributed by atoms with van der Waals surface area (Å²) in [6.45, 7) is 8.58. The average molecular weight is 311 g/mol. The number of hydrogen-bond acceptors (Lipinski definition) is 2. The van der Waals surface area contributed by atoms with E-state index in [4.69, 9.17) is 4.74 Å². The van der Waals surface area contributed by atoms with Crippen molar-refractivity contribution >= 4 is 5.91 Å². The van der Waals surface area contributed by atoms with Gasteiger partial charge in [-0.3, -0.25) is 4.79 Å². The van der Waals surface area contributed by atoms with E-state index in [1.807, 2.05) is 64.1 Å². The van der Waals surface area contributed by atoms with E-state index in [0.717, 1.165) is 16.9 Å². The van der Waals surface area contributed by atoms with Gasteiger partial charge in [-0.25, -0.2) is 0 Å². The Morgan fingerprint density at radius 3 is 2.48 bits per heavy atom. The van der Waals surface area contributed by atoms with Gasteiger partial charge in [0.2, 0.25) is 0 Å². The van der Waals surface area contributed by atoms with Crippen molar-refractivity contribution in [1.29, 1.82) is 0 Å². The second kappa shape index (κ2) is 7.82. The molecule has 0 spiro atoms. The van der Waals surface area contributed by atoms with Gasteiger partial charge in [0, 0.05) is 6.54 Å². The minimum atomic E-state index is -0.472. The van der Waals surface area contributed by atoms with E-state index < -0.39 is 6.10 Å². The largest absolute Gasteiger partial charge is 0.480 e. The molecule has 0 saturated carbocycles. The van der Waals surface area contributed by atoms with Crippen LogP contribution in [-0.2, 0) is 11.3 Å². The highest BCUT2D eigenvalue weighted by molar-refractivity contribution is 5.81. The molecule has 0 aliphatic rings. The molecule has 0 aliphatic heterocycles. The lowest BCUT2D eigenvalue weighted by Crippen LogP contribution is -2.37. The molecule has 2 rings (SSSR count). The fourth-order valence-corrected chi connectivity index (χ4v) is 2.51. The molecule has 0 saturated heterocycles. The zero-order valence-electron chi connectivity index (χ0n) is 14.3. The SMILES string of the molecule is CC[C@H](Oc1ccc(C)cc1C)C(=O)NCc1ccccc1C. The monoisotopic (exact) mass is 311 g/mol. The van der Waals surface area contributed by atoms with E-state index in [1.54, 1.807) is 0 Å². The van der Waals surface area contributed by atoms with Gasteiger partial charge in [-0.1, -0.05) is 48.9 Å². The molecule has 2 aromatic rings. The first kappa shape index (κ1) is 17.1. The van der Waals surface area contributed by atoms with Crippen LogP contribution in [0.25, 0.3) is 0 Å². The summed E-state index contributed by atoms with van der Waals surface area (Å²) in [5.41, 5.74) is 4.54. The lowest BCUT2D eigenvalue weighted by Gasteiger charge is -2.19. The maximum Gasteiger partial charge on any atom is 0.261 e. The molecule has 23 heavy (non-hydrogen) atoms. The molecule has 0 bridgehead atoms. The molecule has 0 radical (unpaired) electrons. The molecule has 3 nitrogen and oxygen atoms in total. The van der Waals surface area contributed by atoms with E-state index in [0.29, 0.717) is 13.0 Å². The number of amides is 1. The predicted molar refractivity (Wildman–Crippen MR) is 93.6 cm³/mol. The van der Waals surface area contributed by atoms with E-state index in [9.17, 15) is 4.79 Å². The number of benzene rings is 2. The van der Waals surface area contributed by atoms with Crippen LogP contribution < -0.4 is 10.1 Å². The summed E-state index contributed by atoms with van der Waals surface area (Å²) in [5, 5.41) is 2.98. The quantitative estimate of drug-likeness (QED) is 0.872. The normalized spacial score (nSPS) is 11.8. The first-order chi connectivity index (χ1) is 11.0. The van der Waals surface area contributed by atoms with Gasteiger partial charge in [-0.15, -0.1) is 0 Å². The summed E-state index contributed by atoms with van der Waals surface area (Å²) in [5.74, 6) is 0.698. The Hall–Kier alpha value is -2.29. The highest BCUT2D eigenvalue weighted by Gasteiger charge is 2.19. The van der Waals surface area contributed by atoms with Crippen molar-refractivity contribution in [3.05, 3.63) is 64.7 Å². The summed E-state index contributed by atoms with van der Waals surface area (Å²) in [7, 11) is 0. The van der Waals surface area contributed by atoms with Crippen LogP contribution in [0.5, 0.6) is 5.75 Å². The molecular formula is C20H25NO2. The first-order valence-corrected chi connectivity index (χ1v) is 8.07. The summed E-state index contributed by atoms with van der Waals surface area (Å²) < 4.78 is 5.92. The Labute approximate surface area is 138 Å². The van der Waals surface area contributed by atoms with E-state index in [2.05, 4.69) is 11.4 Å². The summed E-state index contributed by atoms with van der Waals surface area (Å²) in [4.78, 5) is 12.4. The van der Waals surface area contributed by atoms with E-state index in [1.165, 1.54) is 11.1 Å². The molecule has 2 aromatic carbocycles. The van der Waals surface area contributed by atoms with Gasteiger partial charge in [0.1, 0.15) is 5.75 Å². The van der Waals surface area contributed by atoms with Crippen molar-refractivity contribution in [3.63, 3.8) is 0 Å². The molecule has 0 aliphatic carbocycles. The maximum atomic E-state index is 12.4. The number of hydrogen-bond donors (Lipinski definition) is 1. The topological polar surface area (TPSA) is 38.3 Å².